The van der Waals surface area contributed by atoms with Crippen LogP contribution in [0.3, 0.4) is 0 Å². The van der Waals surface area contributed by atoms with Crippen molar-refractivity contribution < 1.29 is 0 Å². The fourth-order valence-electron chi connectivity index (χ4n) is 6.94. The fourth-order valence-corrected chi connectivity index (χ4v) is 6.94. The monoisotopic (exact) mass is 446 g/mol. The Balaban J connectivity index is 1.53. The van der Waals surface area contributed by atoms with Crippen molar-refractivity contribution in [1.29, 1.82) is 0 Å². The van der Waals surface area contributed by atoms with Crippen LogP contribution in [0.1, 0.15) is 36.3 Å². The summed E-state index contributed by atoms with van der Waals surface area (Å²) < 4.78 is 0. The Bertz CT molecular complexity index is 1660. The van der Waals surface area contributed by atoms with Crippen LogP contribution < -0.4 is 0 Å². The molecule has 8 rings (SSSR count). The van der Waals surface area contributed by atoms with Crippen LogP contribution in [0.4, 0.5) is 0 Å². The number of fused-ring (bicyclic) bond motifs is 7. The lowest BCUT2D eigenvalue weighted by Crippen LogP contribution is -2.08. The third kappa shape index (κ3) is 2.74. The zero-order valence-corrected chi connectivity index (χ0v) is 19.7. The van der Waals surface area contributed by atoms with Crippen molar-refractivity contribution in [2.45, 2.75) is 25.2 Å². The number of benzene rings is 5. The van der Waals surface area contributed by atoms with Gasteiger partial charge < -0.3 is 0 Å². The summed E-state index contributed by atoms with van der Waals surface area (Å²) in [5.74, 6) is 1.45. The van der Waals surface area contributed by atoms with Gasteiger partial charge in [0.15, 0.2) is 0 Å². The lowest BCUT2D eigenvalue weighted by molar-refractivity contribution is 0.898. The van der Waals surface area contributed by atoms with E-state index in [-0.39, 0.29) is 0 Å². The summed E-state index contributed by atoms with van der Waals surface area (Å²) in [5, 5.41) is 5.38. The molecule has 35 heavy (non-hydrogen) atoms. The van der Waals surface area contributed by atoms with Crippen molar-refractivity contribution in [1.82, 2.24) is 0 Å². The van der Waals surface area contributed by atoms with E-state index in [2.05, 4.69) is 109 Å². The average Bonchev–Trinajstić information content (AvgIpc) is 3.74. The Labute approximate surface area is 206 Å². The van der Waals surface area contributed by atoms with Gasteiger partial charge in [0.25, 0.3) is 0 Å². The number of rotatable bonds is 2. The van der Waals surface area contributed by atoms with Gasteiger partial charge >= 0.3 is 0 Å². The third-order valence-corrected chi connectivity index (χ3v) is 8.46. The molecule has 0 heteroatoms. The smallest absolute Gasteiger partial charge is 0.00201 e. The van der Waals surface area contributed by atoms with E-state index in [1.807, 2.05) is 0 Å². The van der Waals surface area contributed by atoms with E-state index in [4.69, 9.17) is 0 Å². The molecule has 0 aliphatic heterocycles. The molecule has 3 aliphatic rings. The maximum atomic E-state index is 2.44. The van der Waals surface area contributed by atoms with Crippen LogP contribution in [0.2, 0.25) is 0 Å². The average molecular weight is 447 g/mol. The van der Waals surface area contributed by atoms with E-state index in [9.17, 15) is 0 Å². The highest BCUT2D eigenvalue weighted by molar-refractivity contribution is 6.22. The molecule has 1 saturated carbocycles. The molecule has 166 valence electrons. The largest absolute Gasteiger partial charge is 0.0839 e. The first kappa shape index (κ1) is 19.4. The highest BCUT2D eigenvalue weighted by Crippen LogP contribution is 2.62. The SMILES string of the molecule is C1=CC2=C(CC1)c1c(-c3c4ccccc4c(-c4ccccc4)c4ccccc34)cccc1C1CC21. The van der Waals surface area contributed by atoms with Crippen LogP contribution in [0.25, 0.3) is 49.4 Å². The first-order chi connectivity index (χ1) is 17.4. The summed E-state index contributed by atoms with van der Waals surface area (Å²) >= 11 is 0. The van der Waals surface area contributed by atoms with Crippen molar-refractivity contribution in [3.05, 3.63) is 126 Å². The van der Waals surface area contributed by atoms with Gasteiger partial charge in [0.05, 0.1) is 0 Å². The van der Waals surface area contributed by atoms with Gasteiger partial charge in [-0.2, -0.15) is 0 Å². The molecule has 5 aromatic carbocycles. The molecule has 0 amide bonds. The summed E-state index contributed by atoms with van der Waals surface area (Å²) in [7, 11) is 0. The van der Waals surface area contributed by atoms with Gasteiger partial charge in [-0.15, -0.1) is 0 Å². The van der Waals surface area contributed by atoms with Gasteiger partial charge in [0, 0.05) is 0 Å². The highest BCUT2D eigenvalue weighted by Gasteiger charge is 2.46. The Morgan fingerprint density at radius 2 is 1.20 bits per heavy atom. The molecule has 0 saturated heterocycles. The minimum atomic E-state index is 0.701. The molecular formula is C35H26. The Morgan fingerprint density at radius 1 is 0.543 bits per heavy atom. The van der Waals surface area contributed by atoms with Crippen molar-refractivity contribution in [3.63, 3.8) is 0 Å². The zero-order valence-electron chi connectivity index (χ0n) is 19.7. The summed E-state index contributed by atoms with van der Waals surface area (Å²) in [6.45, 7) is 0. The van der Waals surface area contributed by atoms with Gasteiger partial charge in [-0.05, 0) is 97.2 Å². The molecule has 2 atom stereocenters. The van der Waals surface area contributed by atoms with E-state index >= 15 is 0 Å². The normalized spacial score (nSPS) is 20.0. The van der Waals surface area contributed by atoms with Gasteiger partial charge in [-0.25, -0.2) is 0 Å². The summed E-state index contributed by atoms with van der Waals surface area (Å²) in [5.41, 5.74) is 11.8. The maximum Gasteiger partial charge on any atom is -0.00201 e. The molecule has 0 nitrogen and oxygen atoms in total. The molecule has 2 unspecified atom stereocenters. The Morgan fingerprint density at radius 3 is 1.91 bits per heavy atom. The standard InChI is InChI=1S/C35H26/c1-2-11-22(12-3-1)33-25-15-6-8-17-27(25)35(28-18-9-7-16-26(28)33)30-20-10-19-29-32-21-31(32)23-13-4-5-14-24(23)34(29)30/h1-4,6-13,15-20,31-32H,5,14,21H2. The lowest BCUT2D eigenvalue weighted by atomic mass is 9.76. The van der Waals surface area contributed by atoms with Gasteiger partial charge in [0.2, 0.25) is 0 Å². The van der Waals surface area contributed by atoms with Crippen molar-refractivity contribution >= 4 is 27.1 Å². The van der Waals surface area contributed by atoms with E-state index in [0.29, 0.717) is 5.92 Å². The first-order valence-corrected chi connectivity index (χ1v) is 12.9. The number of hydrogen-bond acceptors (Lipinski definition) is 0. The number of hydrogen-bond donors (Lipinski definition) is 0. The predicted octanol–water partition coefficient (Wildman–Crippen LogP) is 9.55. The first-order valence-electron chi connectivity index (χ1n) is 12.9. The molecule has 0 spiro atoms. The molecular weight excluding hydrogens is 420 g/mol. The van der Waals surface area contributed by atoms with Crippen molar-refractivity contribution in [3.8, 4) is 22.3 Å². The molecule has 0 bridgehead atoms. The quantitative estimate of drug-likeness (QED) is 0.237. The van der Waals surface area contributed by atoms with E-state index in [0.717, 1.165) is 18.8 Å². The van der Waals surface area contributed by atoms with Gasteiger partial charge in [-0.3, -0.25) is 0 Å². The molecule has 0 radical (unpaired) electrons. The molecule has 0 heterocycles. The van der Waals surface area contributed by atoms with E-state index < -0.39 is 0 Å². The second-order valence-corrected chi connectivity index (χ2v) is 10.3. The molecule has 5 aromatic rings. The fraction of sp³-hybridized carbons (Fsp3) is 0.143. The van der Waals surface area contributed by atoms with Crippen LogP contribution in [0.5, 0.6) is 0 Å². The second kappa shape index (κ2) is 7.30. The summed E-state index contributed by atoms with van der Waals surface area (Å²) in [6.07, 6.45) is 8.46. The topological polar surface area (TPSA) is 0 Å². The summed E-state index contributed by atoms with van der Waals surface area (Å²) in [4.78, 5) is 0. The number of allylic oxidation sites excluding steroid dienone is 4. The van der Waals surface area contributed by atoms with Crippen LogP contribution in [0, 0.1) is 5.92 Å². The van der Waals surface area contributed by atoms with Crippen LogP contribution in [-0.4, -0.2) is 0 Å². The Hall–Kier alpha value is -3.90. The molecule has 3 aliphatic carbocycles. The highest BCUT2D eigenvalue weighted by atomic mass is 14.5. The van der Waals surface area contributed by atoms with Gasteiger partial charge in [0.1, 0.15) is 0 Å². The second-order valence-electron chi connectivity index (χ2n) is 10.3. The van der Waals surface area contributed by atoms with Crippen molar-refractivity contribution in [2.24, 2.45) is 5.92 Å². The summed E-state index contributed by atoms with van der Waals surface area (Å²) in [6, 6.07) is 36.1. The molecule has 0 aromatic heterocycles. The van der Waals surface area contributed by atoms with E-state index in [1.165, 1.54) is 55.8 Å². The third-order valence-electron chi connectivity index (χ3n) is 8.46. The maximum absolute atomic E-state index is 2.44. The lowest BCUT2D eigenvalue weighted by Gasteiger charge is -2.28. The van der Waals surface area contributed by atoms with Crippen LogP contribution in [-0.2, 0) is 0 Å². The van der Waals surface area contributed by atoms with Crippen LogP contribution in [0.15, 0.2) is 115 Å². The van der Waals surface area contributed by atoms with Crippen molar-refractivity contribution in [2.75, 3.05) is 0 Å². The van der Waals surface area contributed by atoms with Crippen LogP contribution >= 0.6 is 0 Å². The predicted molar refractivity (Wildman–Crippen MR) is 148 cm³/mol. The minimum absolute atomic E-state index is 0.701. The zero-order chi connectivity index (χ0) is 22.9. The molecule has 1 fully saturated rings. The van der Waals surface area contributed by atoms with Gasteiger partial charge in [-0.1, -0.05) is 109 Å². The Kier molecular flexibility index (Phi) is 4.05. The minimum Gasteiger partial charge on any atom is -0.0839 e. The van der Waals surface area contributed by atoms with E-state index in [1.54, 1.807) is 16.7 Å². The molecule has 0 N–H and O–H groups in total.